The average molecular weight is 443 g/mol. The zero-order valence-electron chi connectivity index (χ0n) is 19.2. The van der Waals surface area contributed by atoms with Gasteiger partial charge in [-0.05, 0) is 69.9 Å². The molecule has 3 heterocycles. The molecule has 0 spiro atoms. The van der Waals surface area contributed by atoms with Gasteiger partial charge >= 0.3 is 0 Å². The van der Waals surface area contributed by atoms with Crippen molar-refractivity contribution >= 4 is 11.7 Å². The number of aromatic nitrogens is 1. The first kappa shape index (κ1) is 22.0. The molecule has 1 saturated heterocycles. The normalized spacial score (nSPS) is 27.3. The van der Waals surface area contributed by atoms with Gasteiger partial charge in [-0.15, -0.1) is 0 Å². The first-order valence-corrected chi connectivity index (χ1v) is 12.7. The van der Waals surface area contributed by atoms with Gasteiger partial charge < -0.3 is 20.1 Å². The first-order valence-electron chi connectivity index (χ1n) is 12.7. The minimum absolute atomic E-state index is 0.0393. The van der Waals surface area contributed by atoms with Crippen molar-refractivity contribution in [1.82, 2.24) is 15.2 Å². The van der Waals surface area contributed by atoms with Crippen molar-refractivity contribution < 1.29 is 14.6 Å². The molecule has 32 heavy (non-hydrogen) atoms. The number of carbonyl (C=O) groups is 1. The summed E-state index contributed by atoms with van der Waals surface area (Å²) in [5.41, 5.74) is 0.581. The van der Waals surface area contributed by atoms with Gasteiger partial charge in [0, 0.05) is 50.4 Å². The van der Waals surface area contributed by atoms with Gasteiger partial charge in [0.25, 0.3) is 0 Å². The summed E-state index contributed by atoms with van der Waals surface area (Å²) < 4.78 is 5.85. The highest BCUT2D eigenvalue weighted by Gasteiger charge is 2.37. The van der Waals surface area contributed by atoms with Crippen LogP contribution in [0.4, 0.5) is 5.82 Å². The Labute approximate surface area is 191 Å². The summed E-state index contributed by atoms with van der Waals surface area (Å²) >= 11 is 0. The molecule has 7 nitrogen and oxygen atoms in total. The average Bonchev–Trinajstić information content (AvgIpc) is 3.27. The Kier molecular flexibility index (Phi) is 6.56. The number of aliphatic hydroxyl groups is 1. The molecule has 7 heteroatoms. The number of piperazine rings is 1. The molecular weight excluding hydrogens is 404 g/mol. The Morgan fingerprint density at radius 1 is 1.19 bits per heavy atom. The maximum absolute atomic E-state index is 12.2. The lowest BCUT2D eigenvalue weighted by Gasteiger charge is -2.37. The molecule has 1 amide bonds. The summed E-state index contributed by atoms with van der Waals surface area (Å²) in [4.78, 5) is 21.8. The van der Waals surface area contributed by atoms with Crippen molar-refractivity contribution in [2.75, 3.05) is 44.2 Å². The SMILES string of the molecule is O=C(CC1(O)CCC1)NC1CCC(CCN2CCN(c3nccc4c3OCC4)CC2)CC1. The second-order valence-corrected chi connectivity index (χ2v) is 10.4. The molecule has 4 aliphatic rings. The lowest BCUT2D eigenvalue weighted by Crippen LogP contribution is -2.47. The van der Waals surface area contributed by atoms with Gasteiger partial charge in [-0.25, -0.2) is 4.98 Å². The largest absolute Gasteiger partial charge is 0.489 e. The summed E-state index contributed by atoms with van der Waals surface area (Å²) in [6, 6.07) is 2.38. The summed E-state index contributed by atoms with van der Waals surface area (Å²) in [7, 11) is 0. The fourth-order valence-electron chi connectivity index (χ4n) is 5.80. The monoisotopic (exact) mass is 442 g/mol. The summed E-state index contributed by atoms with van der Waals surface area (Å²) in [6.07, 6.45) is 11.6. The van der Waals surface area contributed by atoms with Crippen LogP contribution in [0.25, 0.3) is 0 Å². The number of ether oxygens (including phenoxy) is 1. The zero-order chi connectivity index (χ0) is 22.0. The highest BCUT2D eigenvalue weighted by Crippen LogP contribution is 2.36. The van der Waals surface area contributed by atoms with Crippen LogP contribution in [0, 0.1) is 5.92 Å². The lowest BCUT2D eigenvalue weighted by molar-refractivity contribution is -0.131. The lowest BCUT2D eigenvalue weighted by atomic mass is 9.77. The van der Waals surface area contributed by atoms with Crippen molar-refractivity contribution in [3.05, 3.63) is 17.8 Å². The van der Waals surface area contributed by atoms with Gasteiger partial charge in [0.15, 0.2) is 11.6 Å². The van der Waals surface area contributed by atoms with E-state index in [2.05, 4.69) is 26.2 Å². The number of hydrogen-bond donors (Lipinski definition) is 2. The van der Waals surface area contributed by atoms with Crippen molar-refractivity contribution in [3.8, 4) is 5.75 Å². The second-order valence-electron chi connectivity index (χ2n) is 10.4. The van der Waals surface area contributed by atoms with Gasteiger partial charge in [0.1, 0.15) is 0 Å². The predicted octanol–water partition coefficient (Wildman–Crippen LogP) is 2.51. The molecule has 0 atom stereocenters. The minimum atomic E-state index is -0.713. The minimum Gasteiger partial charge on any atom is -0.489 e. The zero-order valence-corrected chi connectivity index (χ0v) is 19.2. The Balaban J connectivity index is 0.995. The maximum Gasteiger partial charge on any atom is 0.223 e. The molecule has 1 aromatic heterocycles. The molecule has 0 radical (unpaired) electrons. The molecule has 0 aromatic carbocycles. The molecule has 2 aliphatic carbocycles. The first-order chi connectivity index (χ1) is 15.6. The van der Waals surface area contributed by atoms with Gasteiger partial charge in [0.2, 0.25) is 5.91 Å². The Morgan fingerprint density at radius 2 is 1.97 bits per heavy atom. The van der Waals surface area contributed by atoms with Crippen LogP contribution >= 0.6 is 0 Å². The molecule has 2 saturated carbocycles. The van der Waals surface area contributed by atoms with E-state index in [4.69, 9.17) is 4.74 Å². The van der Waals surface area contributed by atoms with E-state index >= 15 is 0 Å². The fourth-order valence-corrected chi connectivity index (χ4v) is 5.80. The van der Waals surface area contributed by atoms with Crippen molar-refractivity contribution in [1.29, 1.82) is 0 Å². The molecule has 5 rings (SSSR count). The molecule has 1 aromatic rings. The van der Waals surface area contributed by atoms with Crippen molar-refractivity contribution in [2.24, 2.45) is 5.92 Å². The van der Waals surface area contributed by atoms with E-state index in [0.717, 1.165) is 88.8 Å². The van der Waals surface area contributed by atoms with Crippen LogP contribution in [0.15, 0.2) is 12.3 Å². The third kappa shape index (κ3) is 5.04. The second kappa shape index (κ2) is 9.56. The number of rotatable bonds is 7. The van der Waals surface area contributed by atoms with E-state index < -0.39 is 5.60 Å². The standard InChI is InChI=1S/C25H38N4O3/c30-22(18-25(31)9-1-10-25)27-21-4-2-19(3-5-21)7-12-28-13-15-29(16-14-28)24-23-20(6-11-26-24)8-17-32-23/h6,11,19,21,31H,1-5,7-10,12-18H2,(H,27,30). The van der Waals surface area contributed by atoms with Crippen LogP contribution in [-0.4, -0.2) is 71.9 Å². The number of anilines is 1. The topological polar surface area (TPSA) is 77.9 Å². The van der Waals surface area contributed by atoms with Crippen molar-refractivity contribution in [3.63, 3.8) is 0 Å². The van der Waals surface area contributed by atoms with E-state index in [1.54, 1.807) is 0 Å². The Bertz CT molecular complexity index is 796. The molecule has 2 aliphatic heterocycles. The number of hydrogen-bond acceptors (Lipinski definition) is 6. The molecule has 176 valence electrons. The Morgan fingerprint density at radius 3 is 2.69 bits per heavy atom. The van der Waals surface area contributed by atoms with Crippen LogP contribution < -0.4 is 15.0 Å². The van der Waals surface area contributed by atoms with E-state index in [0.29, 0.717) is 6.04 Å². The van der Waals surface area contributed by atoms with Gasteiger partial charge in [-0.1, -0.05) is 0 Å². The smallest absolute Gasteiger partial charge is 0.223 e. The number of fused-ring (bicyclic) bond motifs is 1. The van der Waals surface area contributed by atoms with Crippen LogP contribution in [0.5, 0.6) is 5.75 Å². The molecule has 3 fully saturated rings. The van der Waals surface area contributed by atoms with E-state index in [9.17, 15) is 9.90 Å². The molecule has 0 unspecified atom stereocenters. The summed E-state index contributed by atoms with van der Waals surface area (Å²) in [6.45, 7) is 6.14. The highest BCUT2D eigenvalue weighted by molar-refractivity contribution is 5.77. The number of nitrogens with one attached hydrogen (secondary N) is 1. The number of pyridine rings is 1. The number of carbonyl (C=O) groups excluding carboxylic acids is 1. The molecule has 0 bridgehead atoms. The molecular formula is C25H38N4O3. The van der Waals surface area contributed by atoms with E-state index in [-0.39, 0.29) is 12.3 Å². The third-order valence-electron chi connectivity index (χ3n) is 8.10. The summed E-state index contributed by atoms with van der Waals surface area (Å²) in [5.74, 6) is 2.85. The van der Waals surface area contributed by atoms with Gasteiger partial charge in [-0.3, -0.25) is 9.69 Å². The quantitative estimate of drug-likeness (QED) is 0.676. The number of amides is 1. The number of nitrogens with zero attached hydrogens (tertiary/aromatic N) is 3. The Hall–Kier alpha value is -1.86. The van der Waals surface area contributed by atoms with E-state index in [1.807, 2.05) is 6.20 Å². The van der Waals surface area contributed by atoms with Crippen LogP contribution in [0.3, 0.4) is 0 Å². The summed E-state index contributed by atoms with van der Waals surface area (Å²) in [5, 5.41) is 13.4. The third-order valence-corrected chi connectivity index (χ3v) is 8.10. The predicted molar refractivity (Wildman–Crippen MR) is 124 cm³/mol. The van der Waals surface area contributed by atoms with Gasteiger partial charge in [-0.2, -0.15) is 0 Å². The highest BCUT2D eigenvalue weighted by atomic mass is 16.5. The molecule has 2 N–H and O–H groups in total. The van der Waals surface area contributed by atoms with Gasteiger partial charge in [0.05, 0.1) is 18.6 Å². The van der Waals surface area contributed by atoms with Crippen LogP contribution in [-0.2, 0) is 11.2 Å². The van der Waals surface area contributed by atoms with Crippen LogP contribution in [0.1, 0.15) is 63.4 Å². The van der Waals surface area contributed by atoms with Crippen LogP contribution in [0.2, 0.25) is 0 Å². The van der Waals surface area contributed by atoms with E-state index in [1.165, 1.54) is 31.4 Å². The van der Waals surface area contributed by atoms with Crippen molar-refractivity contribution in [2.45, 2.75) is 75.9 Å². The fraction of sp³-hybridized carbons (Fsp3) is 0.760. The maximum atomic E-state index is 12.2.